The van der Waals surface area contributed by atoms with Crippen molar-refractivity contribution >= 4 is 5.69 Å². The lowest BCUT2D eigenvalue weighted by atomic mass is 9.84. The van der Waals surface area contributed by atoms with Crippen LogP contribution in [0.5, 0.6) is 0 Å². The maximum Gasteiger partial charge on any atom is 0.0942 e. The van der Waals surface area contributed by atoms with Gasteiger partial charge in [0.25, 0.3) is 0 Å². The van der Waals surface area contributed by atoms with Crippen LogP contribution in [-0.4, -0.2) is 29.5 Å². The molecule has 0 unspecified atom stereocenters. The minimum atomic E-state index is -0.692. The van der Waals surface area contributed by atoms with E-state index in [1.807, 2.05) is 0 Å². The van der Waals surface area contributed by atoms with E-state index in [2.05, 4.69) is 29.6 Å². The number of hydrogen-bond acceptors (Lipinski definition) is 3. The molecule has 18 heavy (non-hydrogen) atoms. The third kappa shape index (κ3) is 3.72. The highest BCUT2D eigenvalue weighted by Crippen LogP contribution is 2.32. The number of aliphatic hydroxyl groups excluding tert-OH is 2. The molecule has 3 N–H and O–H groups in total. The summed E-state index contributed by atoms with van der Waals surface area (Å²) < 4.78 is 0. The van der Waals surface area contributed by atoms with Crippen LogP contribution in [0.2, 0.25) is 0 Å². The predicted octanol–water partition coefficient (Wildman–Crippen LogP) is 2.50. The van der Waals surface area contributed by atoms with Crippen molar-refractivity contribution in [3.05, 3.63) is 29.8 Å². The number of anilines is 1. The lowest BCUT2D eigenvalue weighted by Crippen LogP contribution is -2.22. The topological polar surface area (TPSA) is 52.5 Å². The van der Waals surface area contributed by atoms with Gasteiger partial charge in [-0.1, -0.05) is 31.4 Å². The molecule has 1 saturated carbocycles. The lowest BCUT2D eigenvalue weighted by Gasteiger charge is -2.22. The van der Waals surface area contributed by atoms with Crippen molar-refractivity contribution in [3.8, 4) is 0 Å². The van der Waals surface area contributed by atoms with Gasteiger partial charge in [0.05, 0.1) is 12.7 Å². The Morgan fingerprint density at radius 2 is 1.78 bits per heavy atom. The van der Waals surface area contributed by atoms with Crippen LogP contribution in [0.25, 0.3) is 0 Å². The molecule has 1 fully saturated rings. The highest BCUT2D eigenvalue weighted by molar-refractivity contribution is 5.45. The molecule has 1 aliphatic carbocycles. The van der Waals surface area contributed by atoms with Gasteiger partial charge in [-0.2, -0.15) is 0 Å². The van der Waals surface area contributed by atoms with Crippen LogP contribution >= 0.6 is 0 Å². The van der Waals surface area contributed by atoms with Crippen molar-refractivity contribution in [3.63, 3.8) is 0 Å². The molecule has 3 heteroatoms. The molecule has 0 aromatic heterocycles. The first kappa shape index (κ1) is 13.4. The Morgan fingerprint density at radius 3 is 2.39 bits per heavy atom. The van der Waals surface area contributed by atoms with Crippen molar-refractivity contribution in [2.24, 2.45) is 0 Å². The second-order valence-electron chi connectivity index (χ2n) is 5.17. The predicted molar refractivity (Wildman–Crippen MR) is 73.9 cm³/mol. The molecule has 0 aliphatic heterocycles. The Kier molecular flexibility index (Phi) is 5.02. The minimum absolute atomic E-state index is 0.201. The monoisotopic (exact) mass is 249 g/mol. The quantitative estimate of drug-likeness (QED) is 0.751. The molecule has 1 aliphatic rings. The maximum absolute atomic E-state index is 9.27. The van der Waals surface area contributed by atoms with E-state index in [1.165, 1.54) is 37.7 Å². The molecule has 0 saturated heterocycles. The summed E-state index contributed by atoms with van der Waals surface area (Å²) in [6.07, 6.45) is 6.03. The molecule has 0 heterocycles. The standard InChI is InChI=1S/C15H23NO2/c17-11-15(18)10-16-14-8-6-13(7-9-14)12-4-2-1-3-5-12/h6-9,12,15-18H,1-5,10-11H2/t15-/m1/s1. The van der Waals surface area contributed by atoms with E-state index in [0.29, 0.717) is 6.54 Å². The molecule has 3 nitrogen and oxygen atoms in total. The van der Waals surface area contributed by atoms with Gasteiger partial charge in [0, 0.05) is 12.2 Å². The van der Waals surface area contributed by atoms with Crippen molar-refractivity contribution in [2.45, 2.75) is 44.1 Å². The van der Waals surface area contributed by atoms with Crippen LogP contribution in [0.4, 0.5) is 5.69 Å². The van der Waals surface area contributed by atoms with Crippen LogP contribution in [0.3, 0.4) is 0 Å². The van der Waals surface area contributed by atoms with E-state index in [9.17, 15) is 5.11 Å². The molecule has 1 aromatic carbocycles. The molecule has 2 rings (SSSR count). The molecule has 0 spiro atoms. The van der Waals surface area contributed by atoms with E-state index < -0.39 is 6.10 Å². The Labute approximate surface area is 109 Å². The first-order valence-corrected chi connectivity index (χ1v) is 6.92. The van der Waals surface area contributed by atoms with Gasteiger partial charge in [-0.3, -0.25) is 0 Å². The first-order chi connectivity index (χ1) is 8.79. The summed E-state index contributed by atoms with van der Waals surface area (Å²) in [6.45, 7) is 0.187. The molecular weight excluding hydrogens is 226 g/mol. The van der Waals surface area contributed by atoms with E-state index >= 15 is 0 Å². The fraction of sp³-hybridized carbons (Fsp3) is 0.600. The van der Waals surface area contributed by atoms with Gasteiger partial charge in [-0.15, -0.1) is 0 Å². The summed E-state index contributed by atoms with van der Waals surface area (Å²) in [5, 5.41) is 21.1. The molecule has 1 atom stereocenters. The van der Waals surface area contributed by atoms with Crippen molar-refractivity contribution < 1.29 is 10.2 Å². The van der Waals surface area contributed by atoms with Crippen LogP contribution in [0, 0.1) is 0 Å². The van der Waals surface area contributed by atoms with Crippen molar-refractivity contribution in [1.29, 1.82) is 0 Å². The van der Waals surface area contributed by atoms with Gasteiger partial charge in [-0.25, -0.2) is 0 Å². The third-order valence-electron chi connectivity index (χ3n) is 3.74. The number of rotatable bonds is 5. The molecule has 0 radical (unpaired) electrons. The van der Waals surface area contributed by atoms with E-state index in [0.717, 1.165) is 11.6 Å². The average Bonchev–Trinajstić information content (AvgIpc) is 2.46. The number of aliphatic hydroxyl groups is 2. The van der Waals surface area contributed by atoms with Crippen LogP contribution < -0.4 is 5.32 Å². The Bertz CT molecular complexity index is 344. The highest BCUT2D eigenvalue weighted by atomic mass is 16.3. The summed E-state index contributed by atoms with van der Waals surface area (Å²) in [7, 11) is 0. The van der Waals surface area contributed by atoms with Crippen molar-refractivity contribution in [1.82, 2.24) is 0 Å². The Hall–Kier alpha value is -1.06. The lowest BCUT2D eigenvalue weighted by molar-refractivity contribution is 0.105. The van der Waals surface area contributed by atoms with Gasteiger partial charge in [0.1, 0.15) is 0 Å². The van der Waals surface area contributed by atoms with E-state index in [-0.39, 0.29) is 6.61 Å². The van der Waals surface area contributed by atoms with Gasteiger partial charge >= 0.3 is 0 Å². The summed E-state index contributed by atoms with van der Waals surface area (Å²) in [5.74, 6) is 0.732. The van der Waals surface area contributed by atoms with Gasteiger partial charge in [0.2, 0.25) is 0 Å². The SMILES string of the molecule is OC[C@H](O)CNc1ccc(C2CCCCC2)cc1. The maximum atomic E-state index is 9.27. The smallest absolute Gasteiger partial charge is 0.0942 e. The Balaban J connectivity index is 1.88. The summed E-state index contributed by atoms with van der Waals surface area (Å²) in [4.78, 5) is 0. The second-order valence-corrected chi connectivity index (χ2v) is 5.17. The molecule has 0 amide bonds. The summed E-state index contributed by atoms with van der Waals surface area (Å²) >= 11 is 0. The van der Waals surface area contributed by atoms with Crippen molar-refractivity contribution in [2.75, 3.05) is 18.5 Å². The fourth-order valence-corrected chi connectivity index (χ4v) is 2.61. The third-order valence-corrected chi connectivity index (χ3v) is 3.74. The zero-order chi connectivity index (χ0) is 12.8. The zero-order valence-electron chi connectivity index (χ0n) is 10.8. The largest absolute Gasteiger partial charge is 0.394 e. The van der Waals surface area contributed by atoms with Gasteiger partial charge in [0.15, 0.2) is 0 Å². The fourth-order valence-electron chi connectivity index (χ4n) is 2.61. The molecule has 0 bridgehead atoms. The average molecular weight is 249 g/mol. The zero-order valence-corrected chi connectivity index (χ0v) is 10.8. The van der Waals surface area contributed by atoms with Crippen LogP contribution in [0.15, 0.2) is 24.3 Å². The first-order valence-electron chi connectivity index (χ1n) is 6.92. The van der Waals surface area contributed by atoms with Crippen LogP contribution in [-0.2, 0) is 0 Å². The van der Waals surface area contributed by atoms with E-state index in [1.54, 1.807) is 0 Å². The normalized spacial score (nSPS) is 18.6. The minimum Gasteiger partial charge on any atom is -0.394 e. The second kappa shape index (κ2) is 6.76. The molecule has 100 valence electrons. The summed E-state index contributed by atoms with van der Waals surface area (Å²) in [6, 6.07) is 8.50. The highest BCUT2D eigenvalue weighted by Gasteiger charge is 2.15. The van der Waals surface area contributed by atoms with Gasteiger partial charge in [-0.05, 0) is 36.5 Å². The molecule has 1 aromatic rings. The van der Waals surface area contributed by atoms with E-state index in [4.69, 9.17) is 5.11 Å². The Morgan fingerprint density at radius 1 is 1.11 bits per heavy atom. The van der Waals surface area contributed by atoms with Gasteiger partial charge < -0.3 is 15.5 Å². The molecular formula is C15H23NO2. The summed E-state index contributed by atoms with van der Waals surface area (Å²) in [5.41, 5.74) is 2.44. The number of hydrogen-bond donors (Lipinski definition) is 3. The number of nitrogens with one attached hydrogen (secondary N) is 1. The number of benzene rings is 1. The van der Waals surface area contributed by atoms with Crippen LogP contribution in [0.1, 0.15) is 43.6 Å².